The fraction of sp³-hybridized carbons (Fsp3) is 0.185. The zero-order chi connectivity index (χ0) is 22.7. The van der Waals surface area contributed by atoms with Crippen LogP contribution in [0.4, 0.5) is 0 Å². The Labute approximate surface area is 194 Å². The molecule has 4 aromatic rings. The number of carbonyl (C=O) groups is 1. The predicted molar refractivity (Wildman–Crippen MR) is 131 cm³/mol. The second kappa shape index (κ2) is 11.5. The third kappa shape index (κ3) is 6.46. The van der Waals surface area contributed by atoms with Crippen molar-refractivity contribution in [1.29, 1.82) is 0 Å². The normalized spacial score (nSPS) is 11.0. The van der Waals surface area contributed by atoms with E-state index >= 15 is 0 Å². The molecule has 1 N–H and O–H groups in total. The summed E-state index contributed by atoms with van der Waals surface area (Å²) in [6, 6.07) is 22.3. The summed E-state index contributed by atoms with van der Waals surface area (Å²) in [5.74, 6) is -0.0844. The summed E-state index contributed by atoms with van der Waals surface area (Å²) >= 11 is 0. The van der Waals surface area contributed by atoms with Crippen molar-refractivity contribution in [1.82, 2.24) is 25.3 Å². The monoisotopic (exact) mass is 437 g/mol. The Morgan fingerprint density at radius 2 is 1.79 bits per heavy atom. The van der Waals surface area contributed by atoms with Crippen molar-refractivity contribution in [2.24, 2.45) is 0 Å². The Morgan fingerprint density at radius 3 is 2.64 bits per heavy atom. The number of hydrogen-bond donors (Lipinski definition) is 1. The van der Waals surface area contributed by atoms with Crippen LogP contribution in [0.15, 0.2) is 91.4 Å². The van der Waals surface area contributed by atoms with Gasteiger partial charge in [0.1, 0.15) is 0 Å². The molecule has 0 radical (unpaired) electrons. The summed E-state index contributed by atoms with van der Waals surface area (Å²) in [6.07, 6.45) is 12.6. The fourth-order valence-corrected chi connectivity index (χ4v) is 3.59. The van der Waals surface area contributed by atoms with Gasteiger partial charge in [0.05, 0.1) is 17.6 Å². The molecule has 0 aliphatic rings. The SMILES string of the molecule is O=C(/C=C/c1cccnc1)NCCCCCc1cn(-c2ccccc2-c2ccccc2)nn1. The van der Waals surface area contributed by atoms with Gasteiger partial charge in [-0.2, -0.15) is 0 Å². The molecule has 1 amide bonds. The Bertz CT molecular complexity index is 1190. The Morgan fingerprint density at radius 1 is 0.939 bits per heavy atom. The molecule has 0 unspecified atom stereocenters. The molecule has 0 saturated carbocycles. The maximum absolute atomic E-state index is 11.9. The van der Waals surface area contributed by atoms with E-state index in [0.29, 0.717) is 6.54 Å². The highest BCUT2D eigenvalue weighted by Crippen LogP contribution is 2.26. The Hall–Kier alpha value is -4.06. The Kier molecular flexibility index (Phi) is 7.74. The molecule has 6 nitrogen and oxygen atoms in total. The minimum atomic E-state index is -0.0844. The molecular weight excluding hydrogens is 410 g/mol. The summed E-state index contributed by atoms with van der Waals surface area (Å²) in [5.41, 5.74) is 5.18. The Balaban J connectivity index is 1.21. The lowest BCUT2D eigenvalue weighted by Crippen LogP contribution is -2.21. The van der Waals surface area contributed by atoms with Crippen LogP contribution in [0.1, 0.15) is 30.5 Å². The van der Waals surface area contributed by atoms with E-state index in [1.807, 2.05) is 53.3 Å². The number of hydrogen-bond acceptors (Lipinski definition) is 4. The van der Waals surface area contributed by atoms with Crippen LogP contribution >= 0.6 is 0 Å². The van der Waals surface area contributed by atoms with Gasteiger partial charge in [0, 0.05) is 30.6 Å². The van der Waals surface area contributed by atoms with Gasteiger partial charge >= 0.3 is 0 Å². The minimum Gasteiger partial charge on any atom is -0.353 e. The lowest BCUT2D eigenvalue weighted by atomic mass is 10.0. The number of unbranched alkanes of at least 4 members (excludes halogenated alkanes) is 2. The number of amides is 1. The highest BCUT2D eigenvalue weighted by molar-refractivity contribution is 5.91. The van der Waals surface area contributed by atoms with E-state index in [-0.39, 0.29) is 5.91 Å². The van der Waals surface area contributed by atoms with Crippen LogP contribution in [0.5, 0.6) is 0 Å². The highest BCUT2D eigenvalue weighted by atomic mass is 16.1. The molecule has 4 rings (SSSR count). The van der Waals surface area contributed by atoms with Gasteiger partial charge in [-0.05, 0) is 48.6 Å². The van der Waals surface area contributed by atoms with Gasteiger partial charge in [0.2, 0.25) is 5.91 Å². The van der Waals surface area contributed by atoms with Crippen molar-refractivity contribution in [2.75, 3.05) is 6.54 Å². The standard InChI is InChI=1S/C27H27N5O/c33-27(17-16-22-10-9-18-28-20-22)29-19-8-2-5-13-24-21-32(31-30-24)26-15-7-6-14-25(26)23-11-3-1-4-12-23/h1,3-4,6-7,9-12,14-18,20-21H,2,5,8,13,19H2,(H,29,33)/b17-16+. The summed E-state index contributed by atoms with van der Waals surface area (Å²) in [6.45, 7) is 0.660. The van der Waals surface area contributed by atoms with Crippen molar-refractivity contribution in [3.8, 4) is 16.8 Å². The first kappa shape index (κ1) is 22.1. The molecule has 0 aliphatic carbocycles. The average Bonchev–Trinajstić information content (AvgIpc) is 3.35. The topological polar surface area (TPSA) is 72.7 Å². The van der Waals surface area contributed by atoms with E-state index in [9.17, 15) is 4.79 Å². The van der Waals surface area contributed by atoms with Gasteiger partial charge in [0.15, 0.2) is 0 Å². The smallest absolute Gasteiger partial charge is 0.243 e. The molecule has 166 valence electrons. The van der Waals surface area contributed by atoms with E-state index in [0.717, 1.165) is 53.8 Å². The number of aromatic nitrogens is 4. The number of aryl methyl sites for hydroxylation is 1. The van der Waals surface area contributed by atoms with Crippen LogP contribution in [-0.2, 0) is 11.2 Å². The van der Waals surface area contributed by atoms with E-state index in [1.54, 1.807) is 24.5 Å². The molecule has 0 spiro atoms. The molecule has 6 heteroatoms. The molecule has 0 bridgehead atoms. The summed E-state index contributed by atoms with van der Waals surface area (Å²) in [4.78, 5) is 15.9. The third-order valence-electron chi connectivity index (χ3n) is 5.30. The molecule has 0 saturated heterocycles. The van der Waals surface area contributed by atoms with Crippen molar-refractivity contribution in [3.63, 3.8) is 0 Å². The van der Waals surface area contributed by atoms with E-state index < -0.39 is 0 Å². The lowest BCUT2D eigenvalue weighted by molar-refractivity contribution is -0.116. The quantitative estimate of drug-likeness (QED) is 0.284. The number of benzene rings is 2. The zero-order valence-corrected chi connectivity index (χ0v) is 18.5. The third-order valence-corrected chi connectivity index (χ3v) is 5.30. The number of para-hydroxylation sites is 1. The first-order valence-electron chi connectivity index (χ1n) is 11.2. The van der Waals surface area contributed by atoms with Gasteiger partial charge in [0.25, 0.3) is 0 Å². The minimum absolute atomic E-state index is 0.0844. The van der Waals surface area contributed by atoms with E-state index in [1.165, 1.54) is 0 Å². The van der Waals surface area contributed by atoms with Crippen molar-refractivity contribution in [3.05, 3.63) is 103 Å². The highest BCUT2D eigenvalue weighted by Gasteiger charge is 2.09. The predicted octanol–water partition coefficient (Wildman–Crippen LogP) is 4.87. The fourth-order valence-electron chi connectivity index (χ4n) is 3.59. The van der Waals surface area contributed by atoms with Gasteiger partial charge in [-0.25, -0.2) is 4.68 Å². The van der Waals surface area contributed by atoms with E-state index in [4.69, 9.17) is 0 Å². The summed E-state index contributed by atoms with van der Waals surface area (Å²) < 4.78 is 1.85. The van der Waals surface area contributed by atoms with Gasteiger partial charge in [-0.15, -0.1) is 5.10 Å². The number of nitrogens with zero attached hydrogens (tertiary/aromatic N) is 4. The molecule has 2 aromatic carbocycles. The zero-order valence-electron chi connectivity index (χ0n) is 18.5. The number of nitrogens with one attached hydrogen (secondary N) is 1. The summed E-state index contributed by atoms with van der Waals surface area (Å²) in [5, 5.41) is 11.6. The number of rotatable bonds is 10. The molecular formula is C27H27N5O. The number of carbonyl (C=O) groups excluding carboxylic acids is 1. The van der Waals surface area contributed by atoms with Gasteiger partial charge < -0.3 is 5.32 Å². The van der Waals surface area contributed by atoms with Crippen LogP contribution in [0.25, 0.3) is 22.9 Å². The van der Waals surface area contributed by atoms with Crippen LogP contribution < -0.4 is 5.32 Å². The van der Waals surface area contributed by atoms with Crippen molar-refractivity contribution >= 4 is 12.0 Å². The van der Waals surface area contributed by atoms with Gasteiger partial charge in [-0.1, -0.05) is 66.2 Å². The second-order valence-corrected chi connectivity index (χ2v) is 7.76. The molecule has 2 heterocycles. The largest absolute Gasteiger partial charge is 0.353 e. The average molecular weight is 438 g/mol. The molecule has 0 atom stereocenters. The number of pyridine rings is 1. The van der Waals surface area contributed by atoms with Crippen LogP contribution in [-0.4, -0.2) is 32.4 Å². The molecule has 0 fully saturated rings. The van der Waals surface area contributed by atoms with Crippen molar-refractivity contribution in [2.45, 2.75) is 25.7 Å². The van der Waals surface area contributed by atoms with E-state index in [2.05, 4.69) is 44.9 Å². The molecule has 33 heavy (non-hydrogen) atoms. The maximum Gasteiger partial charge on any atom is 0.243 e. The van der Waals surface area contributed by atoms with Crippen molar-refractivity contribution < 1.29 is 4.79 Å². The van der Waals surface area contributed by atoms with Gasteiger partial charge in [-0.3, -0.25) is 9.78 Å². The van der Waals surface area contributed by atoms with Crippen LogP contribution in [0.2, 0.25) is 0 Å². The second-order valence-electron chi connectivity index (χ2n) is 7.76. The molecule has 0 aliphatic heterocycles. The first-order chi connectivity index (χ1) is 16.3. The molecule has 2 aromatic heterocycles. The van der Waals surface area contributed by atoms with Crippen LogP contribution in [0, 0.1) is 0 Å². The summed E-state index contributed by atoms with van der Waals surface area (Å²) in [7, 11) is 0. The lowest BCUT2D eigenvalue weighted by Gasteiger charge is -2.08. The first-order valence-corrected chi connectivity index (χ1v) is 11.2. The maximum atomic E-state index is 11.9. The van der Waals surface area contributed by atoms with Crippen LogP contribution in [0.3, 0.4) is 0 Å².